The molecule has 6 heteroatoms. The Kier molecular flexibility index (Phi) is 2.71. The van der Waals surface area contributed by atoms with E-state index in [2.05, 4.69) is 12.6 Å². The zero-order valence-electron chi connectivity index (χ0n) is 6.56. The highest BCUT2D eigenvalue weighted by atomic mass is 32.1. The molecule has 0 aromatic heterocycles. The molecule has 0 amide bonds. The monoisotopic (exact) mass is 221 g/mol. The highest BCUT2D eigenvalue weighted by Gasteiger charge is 2.34. The Balaban J connectivity index is 3.41. The highest BCUT2D eigenvalue weighted by Crippen LogP contribution is 2.33. The molecule has 0 aliphatic heterocycles. The first-order valence-electron chi connectivity index (χ1n) is 3.36. The predicted molar refractivity (Wildman–Crippen MR) is 43.4 cm³/mol. The summed E-state index contributed by atoms with van der Waals surface area (Å²) in [5, 5.41) is 8.41. The number of rotatable bonds is 0. The molecule has 1 rings (SSSR count). The molecule has 0 spiro atoms. The first-order chi connectivity index (χ1) is 6.36. The van der Waals surface area contributed by atoms with Crippen molar-refractivity contribution in [2.24, 2.45) is 0 Å². The van der Waals surface area contributed by atoms with Crippen molar-refractivity contribution < 1.29 is 17.6 Å². The molecule has 0 heterocycles. The lowest BCUT2D eigenvalue weighted by Crippen LogP contribution is -2.08. The van der Waals surface area contributed by atoms with Crippen LogP contribution in [0.4, 0.5) is 17.6 Å². The van der Waals surface area contributed by atoms with Crippen molar-refractivity contribution in [3.8, 4) is 6.07 Å². The number of alkyl halides is 3. The van der Waals surface area contributed by atoms with Crippen molar-refractivity contribution in [2.75, 3.05) is 0 Å². The third-order valence-corrected chi connectivity index (χ3v) is 1.88. The quantitative estimate of drug-likeness (QED) is 0.528. The molecule has 74 valence electrons. The Morgan fingerprint density at radius 1 is 1.29 bits per heavy atom. The Labute approximate surface area is 82.4 Å². The summed E-state index contributed by atoms with van der Waals surface area (Å²) in [7, 11) is 0. The van der Waals surface area contributed by atoms with Crippen LogP contribution in [0.1, 0.15) is 11.1 Å². The topological polar surface area (TPSA) is 23.8 Å². The van der Waals surface area contributed by atoms with Crippen LogP contribution < -0.4 is 0 Å². The van der Waals surface area contributed by atoms with E-state index in [4.69, 9.17) is 5.26 Å². The maximum absolute atomic E-state index is 12.8. The molecule has 0 atom stereocenters. The van der Waals surface area contributed by atoms with E-state index < -0.39 is 17.6 Å². The summed E-state index contributed by atoms with van der Waals surface area (Å²) < 4.78 is 49.2. The van der Waals surface area contributed by atoms with Gasteiger partial charge < -0.3 is 0 Å². The lowest BCUT2D eigenvalue weighted by Gasteiger charge is -2.08. The summed E-state index contributed by atoms with van der Waals surface area (Å²) >= 11 is 3.66. The number of hydrogen-bond acceptors (Lipinski definition) is 2. The van der Waals surface area contributed by atoms with Gasteiger partial charge in [0.05, 0.1) is 11.1 Å². The highest BCUT2D eigenvalue weighted by molar-refractivity contribution is 7.80. The zero-order valence-corrected chi connectivity index (χ0v) is 7.46. The Morgan fingerprint density at radius 2 is 1.86 bits per heavy atom. The number of thiol groups is 1. The Bertz CT molecular complexity index is 405. The smallest absolute Gasteiger partial charge is 0.206 e. The molecule has 0 saturated carbocycles. The Hall–Kier alpha value is -1.22. The summed E-state index contributed by atoms with van der Waals surface area (Å²) in [6.45, 7) is 0. The summed E-state index contributed by atoms with van der Waals surface area (Å²) in [6.07, 6.45) is -4.79. The van der Waals surface area contributed by atoms with Crippen LogP contribution in [0.2, 0.25) is 0 Å². The summed E-state index contributed by atoms with van der Waals surface area (Å²) in [6, 6.07) is 2.51. The molecule has 0 aliphatic rings. The van der Waals surface area contributed by atoms with Crippen molar-refractivity contribution in [3.05, 3.63) is 29.1 Å². The van der Waals surface area contributed by atoms with Gasteiger partial charge >= 0.3 is 6.18 Å². The van der Waals surface area contributed by atoms with Crippen molar-refractivity contribution in [1.29, 1.82) is 5.26 Å². The summed E-state index contributed by atoms with van der Waals surface area (Å²) in [4.78, 5) is -0.113. The van der Waals surface area contributed by atoms with Crippen molar-refractivity contribution in [2.45, 2.75) is 11.1 Å². The molecule has 0 radical (unpaired) electrons. The predicted octanol–water partition coefficient (Wildman–Crippen LogP) is 3.00. The minimum atomic E-state index is -4.79. The fourth-order valence-corrected chi connectivity index (χ4v) is 1.10. The van der Waals surface area contributed by atoms with Crippen LogP contribution >= 0.6 is 12.6 Å². The van der Waals surface area contributed by atoms with Crippen molar-refractivity contribution >= 4 is 12.6 Å². The van der Waals surface area contributed by atoms with Crippen LogP contribution in [-0.2, 0) is 6.18 Å². The zero-order chi connectivity index (χ0) is 10.9. The SMILES string of the molecule is N#Cc1cc(C(F)(F)F)c(F)cc1S. The van der Waals surface area contributed by atoms with Crippen LogP contribution in [0.3, 0.4) is 0 Å². The average molecular weight is 221 g/mol. The second-order valence-corrected chi connectivity index (χ2v) is 2.94. The fraction of sp³-hybridized carbons (Fsp3) is 0.125. The molecule has 0 aliphatic carbocycles. The number of nitrogens with zero attached hydrogens (tertiary/aromatic N) is 1. The third-order valence-electron chi connectivity index (χ3n) is 1.51. The number of benzene rings is 1. The molecule has 1 nitrogen and oxygen atoms in total. The molecule has 0 bridgehead atoms. The van der Waals surface area contributed by atoms with E-state index in [9.17, 15) is 17.6 Å². The fourth-order valence-electron chi connectivity index (χ4n) is 0.870. The molecular formula is C8H3F4NS. The van der Waals surface area contributed by atoms with E-state index in [1.54, 1.807) is 0 Å². The van der Waals surface area contributed by atoms with E-state index in [0.717, 1.165) is 0 Å². The van der Waals surface area contributed by atoms with Crippen LogP contribution in [-0.4, -0.2) is 0 Å². The van der Waals surface area contributed by atoms with Gasteiger partial charge in [-0.2, -0.15) is 18.4 Å². The number of halogens is 4. The van der Waals surface area contributed by atoms with Gasteiger partial charge in [-0.15, -0.1) is 12.6 Å². The first-order valence-corrected chi connectivity index (χ1v) is 3.81. The van der Waals surface area contributed by atoms with Gasteiger partial charge in [-0.1, -0.05) is 0 Å². The molecule has 14 heavy (non-hydrogen) atoms. The first kappa shape index (κ1) is 10.9. The van der Waals surface area contributed by atoms with E-state index >= 15 is 0 Å². The molecule has 0 unspecified atom stereocenters. The standard InChI is InChI=1S/C8H3F4NS/c9-6-2-7(14)4(3-13)1-5(6)8(10,11)12/h1-2,14H. The lowest BCUT2D eigenvalue weighted by atomic mass is 10.1. The van der Waals surface area contributed by atoms with Gasteiger partial charge in [0.2, 0.25) is 0 Å². The second kappa shape index (κ2) is 3.50. The molecule has 1 aromatic rings. The van der Waals surface area contributed by atoms with Gasteiger partial charge in [-0.3, -0.25) is 0 Å². The molecule has 0 fully saturated rings. The van der Waals surface area contributed by atoms with Crippen LogP contribution in [0, 0.1) is 17.1 Å². The van der Waals surface area contributed by atoms with Gasteiger partial charge in [0, 0.05) is 4.90 Å². The minimum absolute atomic E-state index is 0.113. The van der Waals surface area contributed by atoms with Crippen molar-refractivity contribution in [3.63, 3.8) is 0 Å². The van der Waals surface area contributed by atoms with Crippen molar-refractivity contribution in [1.82, 2.24) is 0 Å². The Morgan fingerprint density at radius 3 is 2.29 bits per heavy atom. The van der Waals surface area contributed by atoms with Gasteiger partial charge in [-0.05, 0) is 12.1 Å². The minimum Gasteiger partial charge on any atom is -0.206 e. The van der Waals surface area contributed by atoms with Gasteiger partial charge in [0.15, 0.2) is 0 Å². The largest absolute Gasteiger partial charge is 0.419 e. The van der Waals surface area contributed by atoms with E-state index in [-0.39, 0.29) is 10.5 Å². The molecule has 1 aromatic carbocycles. The summed E-state index contributed by atoms with van der Waals surface area (Å²) in [5.74, 6) is -1.43. The summed E-state index contributed by atoms with van der Waals surface area (Å²) in [5.41, 5.74) is -1.76. The van der Waals surface area contributed by atoms with Gasteiger partial charge in [0.1, 0.15) is 11.9 Å². The average Bonchev–Trinajstić information content (AvgIpc) is 2.02. The third kappa shape index (κ3) is 1.99. The van der Waals surface area contributed by atoms with Crippen LogP contribution in [0.5, 0.6) is 0 Å². The lowest BCUT2D eigenvalue weighted by molar-refractivity contribution is -0.140. The second-order valence-electron chi connectivity index (χ2n) is 2.46. The van der Waals surface area contributed by atoms with E-state index in [1.165, 1.54) is 6.07 Å². The van der Waals surface area contributed by atoms with Crippen LogP contribution in [0.15, 0.2) is 17.0 Å². The normalized spacial score (nSPS) is 11.1. The number of hydrogen-bond donors (Lipinski definition) is 1. The molecule has 0 N–H and O–H groups in total. The maximum atomic E-state index is 12.8. The van der Waals surface area contributed by atoms with Gasteiger partial charge in [-0.25, -0.2) is 4.39 Å². The molecular weight excluding hydrogens is 218 g/mol. The van der Waals surface area contributed by atoms with Crippen LogP contribution in [0.25, 0.3) is 0 Å². The van der Waals surface area contributed by atoms with Gasteiger partial charge in [0.25, 0.3) is 0 Å². The molecule has 0 saturated heterocycles. The van der Waals surface area contributed by atoms with E-state index in [1.807, 2.05) is 0 Å². The number of nitriles is 1. The maximum Gasteiger partial charge on any atom is 0.419 e. The van der Waals surface area contributed by atoms with E-state index in [0.29, 0.717) is 12.1 Å².